The zero-order valence-electron chi connectivity index (χ0n) is 16.8. The first-order valence-corrected chi connectivity index (χ1v) is 10.3. The van der Waals surface area contributed by atoms with Gasteiger partial charge in [-0.15, -0.1) is 0 Å². The molecule has 0 aliphatic carbocycles. The summed E-state index contributed by atoms with van der Waals surface area (Å²) in [6.07, 6.45) is 3.51. The summed E-state index contributed by atoms with van der Waals surface area (Å²) in [5, 5.41) is 9.16. The minimum absolute atomic E-state index is 0.0689. The average Bonchev–Trinajstić information content (AvgIpc) is 3.25. The monoisotopic (exact) mass is 419 g/mol. The molecule has 1 spiro atoms. The molecule has 5 rings (SSSR count). The van der Waals surface area contributed by atoms with Crippen LogP contribution >= 0.6 is 0 Å². The van der Waals surface area contributed by atoms with Crippen molar-refractivity contribution < 1.29 is 14.0 Å². The van der Waals surface area contributed by atoms with Crippen LogP contribution in [0.3, 0.4) is 0 Å². The number of benzene rings is 1. The smallest absolute Gasteiger partial charge is 0.256 e. The van der Waals surface area contributed by atoms with Crippen molar-refractivity contribution in [1.29, 1.82) is 0 Å². The van der Waals surface area contributed by atoms with Crippen molar-refractivity contribution in [3.05, 3.63) is 71.3 Å². The Labute approximate surface area is 178 Å². The Hall–Kier alpha value is -3.52. The molecule has 3 aromatic rings. The van der Waals surface area contributed by atoms with Gasteiger partial charge < -0.3 is 20.9 Å². The Morgan fingerprint density at radius 2 is 1.87 bits per heavy atom. The highest BCUT2D eigenvalue weighted by molar-refractivity contribution is 6.04. The van der Waals surface area contributed by atoms with Crippen molar-refractivity contribution in [3.63, 3.8) is 0 Å². The van der Waals surface area contributed by atoms with Gasteiger partial charge in [-0.2, -0.15) is 0 Å². The number of piperidine rings is 1. The zero-order chi connectivity index (χ0) is 21.4. The number of hydrogen-bond donors (Lipinski definition) is 4. The normalized spacial score (nSPS) is 17.1. The van der Waals surface area contributed by atoms with Crippen molar-refractivity contribution in [2.24, 2.45) is 0 Å². The Morgan fingerprint density at radius 3 is 2.65 bits per heavy atom. The van der Waals surface area contributed by atoms with Crippen molar-refractivity contribution in [1.82, 2.24) is 20.6 Å². The van der Waals surface area contributed by atoms with Gasteiger partial charge in [0.15, 0.2) is 0 Å². The molecule has 1 fully saturated rings. The third-order valence-corrected chi connectivity index (χ3v) is 6.16. The Kier molecular flexibility index (Phi) is 4.78. The number of aromatic amines is 1. The van der Waals surface area contributed by atoms with Crippen LogP contribution in [0.5, 0.6) is 0 Å². The van der Waals surface area contributed by atoms with Crippen molar-refractivity contribution in [2.45, 2.75) is 18.3 Å². The van der Waals surface area contributed by atoms with Gasteiger partial charge >= 0.3 is 0 Å². The van der Waals surface area contributed by atoms with E-state index in [-0.39, 0.29) is 17.2 Å². The molecule has 31 heavy (non-hydrogen) atoms. The summed E-state index contributed by atoms with van der Waals surface area (Å²) < 4.78 is 13.1. The number of pyridine rings is 1. The Morgan fingerprint density at radius 1 is 1.10 bits per heavy atom. The summed E-state index contributed by atoms with van der Waals surface area (Å²) in [4.78, 5) is 32.7. The van der Waals surface area contributed by atoms with Crippen molar-refractivity contribution >= 4 is 17.6 Å². The number of aromatic nitrogens is 2. The molecule has 4 N–H and O–H groups in total. The van der Waals surface area contributed by atoms with E-state index in [1.54, 1.807) is 12.3 Å². The number of rotatable bonds is 3. The molecule has 2 amide bonds. The summed E-state index contributed by atoms with van der Waals surface area (Å²) in [7, 11) is 0. The average molecular weight is 419 g/mol. The largest absolute Gasteiger partial charge is 0.357 e. The van der Waals surface area contributed by atoms with E-state index in [1.165, 1.54) is 24.3 Å². The summed E-state index contributed by atoms with van der Waals surface area (Å²) in [5.74, 6) is -0.465. The molecule has 4 heterocycles. The SMILES string of the molecule is O=C(Nc1cc(-c2cc3c([nH]2)C2(CCNCC2)CNC3=O)ccn1)c1ccc(F)cc1. The second-order valence-corrected chi connectivity index (χ2v) is 8.08. The molecule has 0 radical (unpaired) electrons. The fourth-order valence-electron chi connectivity index (χ4n) is 4.43. The first kappa shape index (κ1) is 19.4. The Balaban J connectivity index is 1.44. The lowest BCUT2D eigenvalue weighted by atomic mass is 9.73. The van der Waals surface area contributed by atoms with Gasteiger partial charge in [-0.3, -0.25) is 9.59 Å². The maximum absolute atomic E-state index is 13.1. The molecule has 0 saturated carbocycles. The van der Waals surface area contributed by atoms with E-state index < -0.39 is 5.82 Å². The topological polar surface area (TPSA) is 98.9 Å². The molecule has 0 unspecified atom stereocenters. The van der Waals surface area contributed by atoms with Crippen LogP contribution in [0.2, 0.25) is 0 Å². The molecule has 158 valence electrons. The molecule has 8 heteroatoms. The van der Waals surface area contributed by atoms with Gasteiger partial charge in [0, 0.05) is 40.7 Å². The van der Waals surface area contributed by atoms with Crippen LogP contribution in [0.25, 0.3) is 11.3 Å². The fraction of sp³-hybridized carbons (Fsp3) is 0.261. The third-order valence-electron chi connectivity index (χ3n) is 6.16. The molecule has 2 aromatic heterocycles. The van der Waals surface area contributed by atoms with E-state index in [0.717, 1.165) is 42.9 Å². The number of amides is 2. The molecule has 2 aliphatic heterocycles. The minimum atomic E-state index is -0.400. The number of carbonyl (C=O) groups excluding carboxylic acids is 2. The van der Waals surface area contributed by atoms with E-state index in [2.05, 4.69) is 25.9 Å². The molecule has 1 aromatic carbocycles. The quantitative estimate of drug-likeness (QED) is 0.525. The maximum atomic E-state index is 13.1. The molecular weight excluding hydrogens is 397 g/mol. The highest BCUT2D eigenvalue weighted by Crippen LogP contribution is 2.39. The van der Waals surface area contributed by atoms with Gasteiger partial charge in [0.1, 0.15) is 11.6 Å². The van der Waals surface area contributed by atoms with E-state index in [0.29, 0.717) is 23.5 Å². The second kappa shape index (κ2) is 7.63. The van der Waals surface area contributed by atoms with Gasteiger partial charge in [0.2, 0.25) is 0 Å². The first-order chi connectivity index (χ1) is 15.0. The molecule has 0 atom stereocenters. The fourth-order valence-corrected chi connectivity index (χ4v) is 4.43. The third kappa shape index (κ3) is 3.59. The number of nitrogens with zero attached hydrogens (tertiary/aromatic N) is 1. The van der Waals surface area contributed by atoms with Gasteiger partial charge in [-0.25, -0.2) is 9.37 Å². The lowest BCUT2D eigenvalue weighted by Crippen LogP contribution is -2.51. The predicted octanol–water partition coefficient (Wildman–Crippen LogP) is 2.83. The number of anilines is 1. The van der Waals surface area contributed by atoms with Crippen LogP contribution in [0.15, 0.2) is 48.7 Å². The van der Waals surface area contributed by atoms with Gasteiger partial charge in [-0.1, -0.05) is 0 Å². The summed E-state index contributed by atoms with van der Waals surface area (Å²) in [5.41, 5.74) is 3.54. The molecule has 1 saturated heterocycles. The summed E-state index contributed by atoms with van der Waals surface area (Å²) >= 11 is 0. The van der Waals surface area contributed by atoms with Crippen LogP contribution in [0.1, 0.15) is 39.3 Å². The number of H-pyrrole nitrogens is 1. The number of fused-ring (bicyclic) bond motifs is 2. The maximum Gasteiger partial charge on any atom is 0.256 e. The van der Waals surface area contributed by atoms with Crippen LogP contribution in [-0.4, -0.2) is 41.4 Å². The standard InChI is InChI=1S/C23H22FN5O2/c24-16-3-1-14(2-4-16)21(30)29-19-11-15(5-8-26-19)18-12-17-20(28-18)23(13-27-22(17)31)6-9-25-10-7-23/h1-5,8,11-12,25,28H,6-7,9-10,13H2,(H,27,31)(H,26,29,30). The molecular formula is C23H22FN5O2. The van der Waals surface area contributed by atoms with E-state index in [9.17, 15) is 14.0 Å². The molecule has 7 nitrogen and oxygen atoms in total. The Bertz CT molecular complexity index is 1150. The van der Waals surface area contributed by atoms with E-state index >= 15 is 0 Å². The van der Waals surface area contributed by atoms with Crippen molar-refractivity contribution in [3.8, 4) is 11.3 Å². The second-order valence-electron chi connectivity index (χ2n) is 8.08. The number of halogens is 1. The highest BCUT2D eigenvalue weighted by atomic mass is 19.1. The molecule has 2 aliphatic rings. The summed E-state index contributed by atoms with van der Waals surface area (Å²) in [6.45, 7) is 2.47. The lowest BCUT2D eigenvalue weighted by molar-refractivity contribution is 0.0913. The lowest BCUT2D eigenvalue weighted by Gasteiger charge is -2.40. The highest BCUT2D eigenvalue weighted by Gasteiger charge is 2.42. The first-order valence-electron chi connectivity index (χ1n) is 10.3. The number of hydrogen-bond acceptors (Lipinski definition) is 4. The van der Waals surface area contributed by atoms with Crippen LogP contribution in [0.4, 0.5) is 10.2 Å². The summed E-state index contributed by atoms with van der Waals surface area (Å²) in [6, 6.07) is 10.8. The van der Waals surface area contributed by atoms with Crippen LogP contribution in [0, 0.1) is 5.82 Å². The zero-order valence-corrected chi connectivity index (χ0v) is 16.8. The van der Waals surface area contributed by atoms with Gasteiger partial charge in [0.05, 0.1) is 5.56 Å². The van der Waals surface area contributed by atoms with Gasteiger partial charge in [0.25, 0.3) is 11.8 Å². The van der Waals surface area contributed by atoms with Crippen LogP contribution in [-0.2, 0) is 5.41 Å². The number of nitrogens with one attached hydrogen (secondary N) is 4. The van der Waals surface area contributed by atoms with Crippen molar-refractivity contribution in [2.75, 3.05) is 25.0 Å². The molecule has 0 bridgehead atoms. The van der Waals surface area contributed by atoms with E-state index in [4.69, 9.17) is 0 Å². The predicted molar refractivity (Wildman–Crippen MR) is 114 cm³/mol. The van der Waals surface area contributed by atoms with E-state index in [1.807, 2.05) is 12.1 Å². The van der Waals surface area contributed by atoms with Gasteiger partial charge in [-0.05, 0) is 68.4 Å². The minimum Gasteiger partial charge on any atom is -0.357 e. The van der Waals surface area contributed by atoms with Crippen LogP contribution < -0.4 is 16.0 Å². The number of carbonyl (C=O) groups is 2.